The fourth-order valence-corrected chi connectivity index (χ4v) is 2.56. The first-order chi connectivity index (χ1) is 12.9. The van der Waals surface area contributed by atoms with E-state index in [1.807, 2.05) is 6.07 Å². The van der Waals surface area contributed by atoms with E-state index in [0.717, 1.165) is 11.1 Å². The fraction of sp³-hybridized carbons (Fsp3) is 0.300. The van der Waals surface area contributed by atoms with Crippen molar-refractivity contribution in [3.63, 3.8) is 0 Å². The van der Waals surface area contributed by atoms with Gasteiger partial charge in [0.15, 0.2) is 11.5 Å². The van der Waals surface area contributed by atoms with Crippen LogP contribution in [0.25, 0.3) is 0 Å². The molecule has 142 valence electrons. The van der Waals surface area contributed by atoms with E-state index in [1.165, 1.54) is 12.1 Å². The zero-order chi connectivity index (χ0) is 19.4. The van der Waals surface area contributed by atoms with Crippen LogP contribution in [0.3, 0.4) is 0 Å². The van der Waals surface area contributed by atoms with Crippen molar-refractivity contribution >= 4 is 11.8 Å². The minimum atomic E-state index is -1.25. The van der Waals surface area contributed by atoms with Crippen LogP contribution in [-0.4, -0.2) is 18.6 Å². The van der Waals surface area contributed by atoms with E-state index in [2.05, 4.69) is 10.6 Å². The third-order valence-electron chi connectivity index (χ3n) is 4.39. The number of benzene rings is 2. The second-order valence-corrected chi connectivity index (χ2v) is 6.80. The highest BCUT2D eigenvalue weighted by molar-refractivity contribution is 6.04. The van der Waals surface area contributed by atoms with Crippen molar-refractivity contribution < 1.29 is 23.5 Å². The Balaban J connectivity index is 1.54. The minimum Gasteiger partial charge on any atom is -0.454 e. The number of ether oxygens (including phenoxy) is 2. The van der Waals surface area contributed by atoms with E-state index in [0.29, 0.717) is 11.5 Å². The molecule has 0 saturated carbocycles. The van der Waals surface area contributed by atoms with Gasteiger partial charge in [0.05, 0.1) is 0 Å². The van der Waals surface area contributed by atoms with Gasteiger partial charge in [-0.3, -0.25) is 9.59 Å². The maximum absolute atomic E-state index is 12.9. The monoisotopic (exact) mass is 372 g/mol. The number of carbonyl (C=O) groups is 2. The van der Waals surface area contributed by atoms with Gasteiger partial charge in [-0.05, 0) is 49.2 Å². The van der Waals surface area contributed by atoms with Gasteiger partial charge in [0, 0.05) is 13.1 Å². The van der Waals surface area contributed by atoms with E-state index in [4.69, 9.17) is 9.47 Å². The smallest absolute Gasteiger partial charge is 0.235 e. The Kier molecular flexibility index (Phi) is 5.30. The summed E-state index contributed by atoms with van der Waals surface area (Å²) in [7, 11) is 0. The number of carbonyl (C=O) groups excluding carboxylic acids is 2. The van der Waals surface area contributed by atoms with E-state index >= 15 is 0 Å². The maximum Gasteiger partial charge on any atom is 0.235 e. The number of amides is 2. The van der Waals surface area contributed by atoms with Crippen LogP contribution in [0.15, 0.2) is 42.5 Å². The summed E-state index contributed by atoms with van der Waals surface area (Å²) in [5.41, 5.74) is 0.340. The van der Waals surface area contributed by atoms with E-state index in [1.54, 1.807) is 38.1 Å². The number of hydrogen-bond acceptors (Lipinski definition) is 4. The average Bonchev–Trinajstić information content (AvgIpc) is 3.13. The van der Waals surface area contributed by atoms with Gasteiger partial charge in [-0.25, -0.2) is 4.39 Å². The normalized spacial score (nSPS) is 12.6. The summed E-state index contributed by atoms with van der Waals surface area (Å²) in [6, 6.07) is 11.2. The summed E-state index contributed by atoms with van der Waals surface area (Å²) in [6.45, 7) is 3.79. The first kappa shape index (κ1) is 18.7. The highest BCUT2D eigenvalue weighted by Gasteiger charge is 2.35. The summed E-state index contributed by atoms with van der Waals surface area (Å²) in [5.74, 6) is 0.170. The minimum absolute atomic E-state index is 0.187. The van der Waals surface area contributed by atoms with Crippen LogP contribution in [0.2, 0.25) is 0 Å². The lowest BCUT2D eigenvalue weighted by Gasteiger charge is -2.23. The Labute approximate surface area is 156 Å². The van der Waals surface area contributed by atoms with Gasteiger partial charge in [0.25, 0.3) is 0 Å². The van der Waals surface area contributed by atoms with Crippen LogP contribution >= 0.6 is 0 Å². The second kappa shape index (κ2) is 7.65. The molecule has 1 aliphatic heterocycles. The topological polar surface area (TPSA) is 76.7 Å². The van der Waals surface area contributed by atoms with Gasteiger partial charge >= 0.3 is 0 Å². The standard InChI is InChI=1S/C20H21FN2O4/c1-20(2,18(24)22-10-13-3-6-15(21)7-4-13)19(25)23-11-14-5-8-16-17(9-14)27-12-26-16/h3-9H,10-12H2,1-2H3,(H,22,24)(H,23,25). The molecule has 2 amide bonds. The molecular formula is C20H21FN2O4. The van der Waals surface area contributed by atoms with Crippen molar-refractivity contribution in [2.24, 2.45) is 5.41 Å². The van der Waals surface area contributed by atoms with Crippen LogP contribution in [0, 0.1) is 11.2 Å². The van der Waals surface area contributed by atoms with Gasteiger partial charge in [-0.2, -0.15) is 0 Å². The van der Waals surface area contributed by atoms with Gasteiger partial charge in [0.2, 0.25) is 18.6 Å². The van der Waals surface area contributed by atoms with Crippen LogP contribution in [-0.2, 0) is 22.7 Å². The van der Waals surface area contributed by atoms with Crippen molar-refractivity contribution in [1.82, 2.24) is 10.6 Å². The Morgan fingerprint density at radius 2 is 1.48 bits per heavy atom. The molecule has 0 saturated heterocycles. The lowest BCUT2D eigenvalue weighted by atomic mass is 9.91. The predicted molar refractivity (Wildman–Crippen MR) is 96.4 cm³/mol. The van der Waals surface area contributed by atoms with Crippen molar-refractivity contribution in [3.05, 3.63) is 59.4 Å². The molecule has 6 nitrogen and oxygen atoms in total. The first-order valence-corrected chi connectivity index (χ1v) is 8.56. The summed E-state index contributed by atoms with van der Waals surface area (Å²) in [6.07, 6.45) is 0. The Hall–Kier alpha value is -3.09. The fourth-order valence-electron chi connectivity index (χ4n) is 2.56. The third-order valence-corrected chi connectivity index (χ3v) is 4.39. The Morgan fingerprint density at radius 1 is 0.926 bits per heavy atom. The quantitative estimate of drug-likeness (QED) is 0.764. The Morgan fingerprint density at radius 3 is 2.15 bits per heavy atom. The lowest BCUT2D eigenvalue weighted by Crippen LogP contribution is -2.47. The number of rotatable bonds is 6. The third kappa shape index (κ3) is 4.36. The molecule has 0 fully saturated rings. The van der Waals surface area contributed by atoms with Crippen LogP contribution < -0.4 is 20.1 Å². The van der Waals surface area contributed by atoms with Crippen molar-refractivity contribution in [2.75, 3.05) is 6.79 Å². The number of halogens is 1. The van der Waals surface area contributed by atoms with Gasteiger partial charge in [-0.15, -0.1) is 0 Å². The zero-order valence-electron chi connectivity index (χ0n) is 15.2. The number of fused-ring (bicyclic) bond motifs is 1. The van der Waals surface area contributed by atoms with Crippen molar-refractivity contribution in [1.29, 1.82) is 0 Å². The van der Waals surface area contributed by atoms with Crippen LogP contribution in [0.1, 0.15) is 25.0 Å². The molecule has 0 unspecified atom stereocenters. The molecule has 2 N–H and O–H groups in total. The first-order valence-electron chi connectivity index (χ1n) is 8.56. The number of hydrogen-bond donors (Lipinski definition) is 2. The van der Waals surface area contributed by atoms with E-state index < -0.39 is 17.2 Å². The average molecular weight is 372 g/mol. The molecular weight excluding hydrogens is 351 g/mol. The molecule has 7 heteroatoms. The van der Waals surface area contributed by atoms with E-state index in [-0.39, 0.29) is 25.7 Å². The predicted octanol–water partition coefficient (Wildman–Crippen LogP) is 2.51. The van der Waals surface area contributed by atoms with Gasteiger partial charge < -0.3 is 20.1 Å². The molecule has 1 heterocycles. The number of nitrogens with one attached hydrogen (secondary N) is 2. The molecule has 0 atom stereocenters. The summed E-state index contributed by atoms with van der Waals surface area (Å²) < 4.78 is 23.5. The summed E-state index contributed by atoms with van der Waals surface area (Å²) in [5, 5.41) is 5.48. The molecule has 2 aromatic carbocycles. The van der Waals surface area contributed by atoms with Crippen LogP contribution in [0.5, 0.6) is 11.5 Å². The van der Waals surface area contributed by atoms with Crippen molar-refractivity contribution in [2.45, 2.75) is 26.9 Å². The summed E-state index contributed by atoms with van der Waals surface area (Å²) in [4.78, 5) is 24.9. The second-order valence-electron chi connectivity index (χ2n) is 6.80. The molecule has 0 radical (unpaired) electrons. The van der Waals surface area contributed by atoms with E-state index in [9.17, 15) is 14.0 Å². The Bertz CT molecular complexity index is 850. The molecule has 0 aromatic heterocycles. The van der Waals surface area contributed by atoms with Crippen molar-refractivity contribution in [3.8, 4) is 11.5 Å². The molecule has 0 aliphatic carbocycles. The highest BCUT2D eigenvalue weighted by Crippen LogP contribution is 2.32. The van der Waals surface area contributed by atoms with Gasteiger partial charge in [0.1, 0.15) is 11.2 Å². The molecule has 3 rings (SSSR count). The zero-order valence-corrected chi connectivity index (χ0v) is 15.2. The lowest BCUT2D eigenvalue weighted by molar-refractivity contribution is -0.141. The molecule has 2 aromatic rings. The molecule has 1 aliphatic rings. The maximum atomic E-state index is 12.9. The van der Waals surface area contributed by atoms with Crippen LogP contribution in [0.4, 0.5) is 4.39 Å². The highest BCUT2D eigenvalue weighted by atomic mass is 19.1. The molecule has 0 bridgehead atoms. The SMILES string of the molecule is CC(C)(C(=O)NCc1ccc(F)cc1)C(=O)NCc1ccc2c(c1)OCO2. The molecule has 27 heavy (non-hydrogen) atoms. The largest absolute Gasteiger partial charge is 0.454 e. The molecule has 0 spiro atoms. The summed E-state index contributed by atoms with van der Waals surface area (Å²) >= 11 is 0. The van der Waals surface area contributed by atoms with Gasteiger partial charge in [-0.1, -0.05) is 18.2 Å².